The van der Waals surface area contributed by atoms with E-state index in [0.717, 1.165) is 28.1 Å². The summed E-state index contributed by atoms with van der Waals surface area (Å²) in [5.41, 5.74) is 1.18. The first kappa shape index (κ1) is 14.9. The SMILES string of the molecule is CN1CCCC(CNC2CC2)C1c1ncc(Br)cc1Br. The van der Waals surface area contributed by atoms with Crippen LogP contribution < -0.4 is 5.32 Å². The summed E-state index contributed by atoms with van der Waals surface area (Å²) in [6.45, 7) is 2.28. The zero-order valence-electron chi connectivity index (χ0n) is 11.8. The molecule has 2 aliphatic rings. The first-order valence-electron chi connectivity index (χ1n) is 7.39. The van der Waals surface area contributed by atoms with E-state index < -0.39 is 0 Å². The fourth-order valence-electron chi connectivity index (χ4n) is 3.15. The van der Waals surface area contributed by atoms with Crippen molar-refractivity contribution in [2.24, 2.45) is 5.92 Å². The van der Waals surface area contributed by atoms with E-state index in [-0.39, 0.29) is 0 Å². The van der Waals surface area contributed by atoms with Gasteiger partial charge in [0.25, 0.3) is 0 Å². The third-order valence-corrected chi connectivity index (χ3v) is 5.44. The molecule has 0 radical (unpaired) electrons. The highest BCUT2D eigenvalue weighted by molar-refractivity contribution is 9.11. The molecule has 1 saturated carbocycles. The fourth-order valence-corrected chi connectivity index (χ4v) is 4.38. The number of nitrogens with one attached hydrogen (secondary N) is 1. The zero-order chi connectivity index (χ0) is 14.1. The predicted molar refractivity (Wildman–Crippen MR) is 88.8 cm³/mol. The first-order chi connectivity index (χ1) is 9.65. The Kier molecular flexibility index (Phi) is 4.80. The van der Waals surface area contributed by atoms with E-state index in [4.69, 9.17) is 0 Å². The van der Waals surface area contributed by atoms with Gasteiger partial charge in [0.15, 0.2) is 0 Å². The minimum absolute atomic E-state index is 0.414. The molecule has 2 atom stereocenters. The Labute approximate surface area is 137 Å². The smallest absolute Gasteiger partial charge is 0.0721 e. The van der Waals surface area contributed by atoms with Crippen LogP contribution in [0.5, 0.6) is 0 Å². The number of hydrogen-bond donors (Lipinski definition) is 1. The summed E-state index contributed by atoms with van der Waals surface area (Å²) in [4.78, 5) is 7.14. The normalized spacial score (nSPS) is 27.8. The van der Waals surface area contributed by atoms with Crippen molar-refractivity contribution in [2.75, 3.05) is 20.1 Å². The molecule has 1 aromatic rings. The molecule has 1 aliphatic carbocycles. The topological polar surface area (TPSA) is 28.2 Å². The second-order valence-electron chi connectivity index (χ2n) is 6.03. The lowest BCUT2D eigenvalue weighted by atomic mass is 9.87. The van der Waals surface area contributed by atoms with Gasteiger partial charge in [-0.15, -0.1) is 0 Å². The Morgan fingerprint density at radius 2 is 2.15 bits per heavy atom. The van der Waals surface area contributed by atoms with Crippen molar-refractivity contribution in [3.63, 3.8) is 0 Å². The standard InChI is InChI=1S/C15H21Br2N3/c1-20-6-2-3-10(8-18-12-4-5-12)15(20)14-13(17)7-11(16)9-19-14/h7,9-10,12,15,18H,2-6,8H2,1H3. The summed E-state index contributed by atoms with van der Waals surface area (Å²) >= 11 is 7.18. The highest BCUT2D eigenvalue weighted by Gasteiger charge is 2.34. The van der Waals surface area contributed by atoms with Gasteiger partial charge in [0.05, 0.1) is 11.7 Å². The van der Waals surface area contributed by atoms with Gasteiger partial charge >= 0.3 is 0 Å². The quantitative estimate of drug-likeness (QED) is 0.831. The van der Waals surface area contributed by atoms with Crippen molar-refractivity contribution in [3.8, 4) is 0 Å². The van der Waals surface area contributed by atoms with Gasteiger partial charge in [-0.1, -0.05) is 0 Å². The number of pyridine rings is 1. The molecule has 110 valence electrons. The number of piperidine rings is 1. The van der Waals surface area contributed by atoms with Crippen molar-refractivity contribution < 1.29 is 0 Å². The molecule has 3 rings (SSSR count). The van der Waals surface area contributed by atoms with Crippen molar-refractivity contribution in [1.82, 2.24) is 15.2 Å². The van der Waals surface area contributed by atoms with E-state index in [1.54, 1.807) is 0 Å². The van der Waals surface area contributed by atoms with Crippen LogP contribution in [0, 0.1) is 5.92 Å². The Morgan fingerprint density at radius 1 is 1.35 bits per heavy atom. The summed E-state index contributed by atoms with van der Waals surface area (Å²) < 4.78 is 2.14. The third-order valence-electron chi connectivity index (χ3n) is 4.37. The van der Waals surface area contributed by atoms with Crippen molar-refractivity contribution >= 4 is 31.9 Å². The molecule has 5 heteroatoms. The Morgan fingerprint density at radius 3 is 2.85 bits per heavy atom. The zero-order valence-corrected chi connectivity index (χ0v) is 15.0. The molecular weight excluding hydrogens is 382 g/mol. The Hall–Kier alpha value is 0.0300. The van der Waals surface area contributed by atoms with Crippen LogP contribution in [0.3, 0.4) is 0 Å². The van der Waals surface area contributed by atoms with Crippen molar-refractivity contribution in [2.45, 2.75) is 37.8 Å². The first-order valence-corrected chi connectivity index (χ1v) is 8.98. The Balaban J connectivity index is 1.80. The number of halogens is 2. The van der Waals surface area contributed by atoms with Gasteiger partial charge in [-0.25, -0.2) is 0 Å². The Bertz CT molecular complexity index is 476. The van der Waals surface area contributed by atoms with Gasteiger partial charge in [-0.05, 0) is 83.1 Å². The maximum atomic E-state index is 4.68. The molecule has 1 aliphatic heterocycles. The molecule has 2 unspecified atom stereocenters. The molecule has 2 fully saturated rings. The summed E-state index contributed by atoms with van der Waals surface area (Å²) in [7, 11) is 2.23. The van der Waals surface area contributed by atoms with Crippen LogP contribution in [0.4, 0.5) is 0 Å². The molecule has 0 aromatic carbocycles. The molecule has 3 nitrogen and oxygen atoms in total. The predicted octanol–water partition coefficient (Wildman–Crippen LogP) is 3.74. The number of nitrogens with zero attached hydrogens (tertiary/aromatic N) is 2. The molecule has 0 spiro atoms. The van der Waals surface area contributed by atoms with Crippen LogP contribution in [-0.4, -0.2) is 36.1 Å². The van der Waals surface area contributed by atoms with Gasteiger partial charge in [-0.2, -0.15) is 0 Å². The van der Waals surface area contributed by atoms with E-state index >= 15 is 0 Å². The van der Waals surface area contributed by atoms with Crippen molar-refractivity contribution in [1.29, 1.82) is 0 Å². The second-order valence-corrected chi connectivity index (χ2v) is 7.80. The average molecular weight is 403 g/mol. The monoisotopic (exact) mass is 401 g/mol. The van der Waals surface area contributed by atoms with Crippen LogP contribution >= 0.6 is 31.9 Å². The van der Waals surface area contributed by atoms with Gasteiger partial charge in [0, 0.05) is 27.7 Å². The highest BCUT2D eigenvalue weighted by Crippen LogP contribution is 2.38. The van der Waals surface area contributed by atoms with Gasteiger partial charge in [0.1, 0.15) is 0 Å². The molecule has 1 N–H and O–H groups in total. The second kappa shape index (κ2) is 6.42. The van der Waals surface area contributed by atoms with Crippen LogP contribution in [-0.2, 0) is 0 Å². The third kappa shape index (κ3) is 3.43. The van der Waals surface area contributed by atoms with E-state index in [0.29, 0.717) is 12.0 Å². The lowest BCUT2D eigenvalue weighted by Crippen LogP contribution is -2.41. The maximum Gasteiger partial charge on any atom is 0.0721 e. The van der Waals surface area contributed by atoms with E-state index in [9.17, 15) is 0 Å². The van der Waals surface area contributed by atoms with Crippen molar-refractivity contribution in [3.05, 3.63) is 26.9 Å². The number of likely N-dealkylation sites (tertiary alicyclic amines) is 1. The van der Waals surface area contributed by atoms with Crippen LogP contribution in [0.15, 0.2) is 21.2 Å². The minimum Gasteiger partial charge on any atom is -0.314 e. The van der Waals surface area contributed by atoms with Crippen LogP contribution in [0.1, 0.15) is 37.4 Å². The molecule has 1 saturated heterocycles. The number of rotatable bonds is 4. The lowest BCUT2D eigenvalue weighted by molar-refractivity contribution is 0.115. The largest absolute Gasteiger partial charge is 0.314 e. The van der Waals surface area contributed by atoms with Gasteiger partial charge in [0.2, 0.25) is 0 Å². The molecule has 20 heavy (non-hydrogen) atoms. The fraction of sp³-hybridized carbons (Fsp3) is 0.667. The molecule has 0 bridgehead atoms. The minimum atomic E-state index is 0.414. The van der Waals surface area contributed by atoms with E-state index in [2.05, 4.69) is 60.2 Å². The summed E-state index contributed by atoms with van der Waals surface area (Å²) in [6, 6.07) is 3.30. The van der Waals surface area contributed by atoms with E-state index in [1.165, 1.54) is 31.4 Å². The molecule has 1 aromatic heterocycles. The molecule has 2 heterocycles. The average Bonchev–Trinajstić information content (AvgIpc) is 3.22. The van der Waals surface area contributed by atoms with E-state index in [1.807, 2.05) is 6.20 Å². The van der Waals surface area contributed by atoms with Gasteiger partial charge in [-0.3, -0.25) is 9.88 Å². The summed E-state index contributed by atoms with van der Waals surface area (Å²) in [5, 5.41) is 3.70. The number of aromatic nitrogens is 1. The number of hydrogen-bond acceptors (Lipinski definition) is 3. The molecule has 0 amide bonds. The van der Waals surface area contributed by atoms with Crippen LogP contribution in [0.25, 0.3) is 0 Å². The highest BCUT2D eigenvalue weighted by atomic mass is 79.9. The molecular formula is C15H21Br2N3. The summed E-state index contributed by atoms with van der Waals surface area (Å²) in [5.74, 6) is 0.652. The maximum absolute atomic E-state index is 4.68. The van der Waals surface area contributed by atoms with Gasteiger partial charge < -0.3 is 5.32 Å². The van der Waals surface area contributed by atoms with Crippen LogP contribution in [0.2, 0.25) is 0 Å². The lowest BCUT2D eigenvalue weighted by Gasteiger charge is -2.39. The summed E-state index contributed by atoms with van der Waals surface area (Å²) in [6.07, 6.45) is 7.20.